The van der Waals surface area contributed by atoms with Gasteiger partial charge in [-0.25, -0.2) is 10.1 Å². The highest BCUT2D eigenvalue weighted by Crippen LogP contribution is 2.42. The monoisotopic (exact) mass is 572 g/mol. The van der Waals surface area contributed by atoms with Gasteiger partial charge in [-0.2, -0.15) is 5.26 Å². The molecule has 1 aliphatic heterocycles. The van der Waals surface area contributed by atoms with Gasteiger partial charge in [0.05, 0.1) is 56.8 Å². The van der Waals surface area contributed by atoms with Crippen molar-refractivity contribution in [1.29, 1.82) is 10.5 Å². The maximum Gasteiger partial charge on any atom is 0.270 e. The molecule has 8 nitrogen and oxygen atoms in total. The van der Waals surface area contributed by atoms with Gasteiger partial charge in [-0.15, -0.1) is 0 Å². The van der Waals surface area contributed by atoms with E-state index in [0.29, 0.717) is 41.3 Å². The summed E-state index contributed by atoms with van der Waals surface area (Å²) >= 11 is 0. The minimum Gasteiger partial charge on any atom is -0.439 e. The maximum atomic E-state index is 10.1. The minimum absolute atomic E-state index is 0.0338. The third kappa shape index (κ3) is 7.38. The molecule has 0 fully saturated rings. The standard InChI is InChI=1S/C35H34N5O3/c1-38-31(26-37)35(28-12-7-4-8-13-28)30(25-36)15-17-34-39(18-9-19-40(2,20-22-41)21-23-42)32-24-29(14-16-33(32)43-34)27-10-5-3-6-11-27/h3-8,10-17,24,41-42H,9,18-23H2,2H3/q+1/b30-15+,34-17-,35-31-. The molecule has 3 aromatic rings. The number of fused-ring (bicyclic) bond motifs is 1. The number of hydrogen-bond donors (Lipinski definition) is 2. The van der Waals surface area contributed by atoms with Gasteiger partial charge in [0.1, 0.15) is 13.1 Å². The number of nitriles is 2. The fraction of sp³-hybridized carbons (Fsp3) is 0.229. The van der Waals surface area contributed by atoms with Gasteiger partial charge in [-0.3, -0.25) is 0 Å². The summed E-state index contributed by atoms with van der Waals surface area (Å²) in [5.74, 6) is 1.19. The molecule has 0 amide bonds. The van der Waals surface area contributed by atoms with Gasteiger partial charge in [-0.05, 0) is 34.9 Å². The molecule has 0 unspecified atom stereocenters. The summed E-state index contributed by atoms with van der Waals surface area (Å²) in [7, 11) is 2.02. The maximum absolute atomic E-state index is 10.1. The SMILES string of the molecule is [C-]#[N+]\C(C#N)=C(/C(C#N)=C/C=C1\Oc2ccc(-c3ccccc3)cc2N1CCC[N+](C)(CCO)CCO)c1ccccc1. The van der Waals surface area contributed by atoms with Crippen LogP contribution in [0.3, 0.4) is 0 Å². The van der Waals surface area contributed by atoms with Gasteiger partial charge in [0.15, 0.2) is 5.75 Å². The Hall–Kier alpha value is -5.17. The van der Waals surface area contributed by atoms with Crippen molar-refractivity contribution in [2.45, 2.75) is 6.42 Å². The summed E-state index contributed by atoms with van der Waals surface area (Å²) in [6.07, 6.45) is 4.04. The van der Waals surface area contributed by atoms with Crippen LogP contribution >= 0.6 is 0 Å². The van der Waals surface area contributed by atoms with Crippen LogP contribution in [0.5, 0.6) is 5.75 Å². The Bertz CT molecular complexity index is 1620. The van der Waals surface area contributed by atoms with Crippen LogP contribution < -0.4 is 9.64 Å². The number of anilines is 1. The van der Waals surface area contributed by atoms with Gasteiger partial charge in [-0.1, -0.05) is 66.7 Å². The summed E-state index contributed by atoms with van der Waals surface area (Å²) < 4.78 is 6.82. The van der Waals surface area contributed by atoms with E-state index in [1.54, 1.807) is 36.4 Å². The molecule has 8 heteroatoms. The van der Waals surface area contributed by atoms with Crippen LogP contribution in [0.2, 0.25) is 0 Å². The van der Waals surface area contributed by atoms with Crippen LogP contribution in [0.1, 0.15) is 12.0 Å². The lowest BCUT2D eigenvalue weighted by Gasteiger charge is -2.34. The van der Waals surface area contributed by atoms with Crippen molar-refractivity contribution in [2.24, 2.45) is 0 Å². The molecule has 43 heavy (non-hydrogen) atoms. The first-order valence-electron chi connectivity index (χ1n) is 14.1. The smallest absolute Gasteiger partial charge is 0.270 e. The third-order valence-electron chi connectivity index (χ3n) is 7.50. The second-order valence-electron chi connectivity index (χ2n) is 10.4. The average molecular weight is 573 g/mol. The van der Waals surface area contributed by atoms with E-state index in [9.17, 15) is 20.7 Å². The van der Waals surface area contributed by atoms with Gasteiger partial charge in [0.25, 0.3) is 5.70 Å². The molecule has 0 aromatic heterocycles. The molecule has 2 N–H and O–H groups in total. The Labute approximate surface area is 252 Å². The first kappa shape index (κ1) is 30.8. The first-order valence-corrected chi connectivity index (χ1v) is 14.1. The van der Waals surface area contributed by atoms with Crippen molar-refractivity contribution in [2.75, 3.05) is 51.3 Å². The predicted molar refractivity (Wildman–Crippen MR) is 167 cm³/mol. The Morgan fingerprint density at radius 1 is 0.930 bits per heavy atom. The Kier molecular flexibility index (Phi) is 10.5. The molecule has 0 saturated carbocycles. The second kappa shape index (κ2) is 14.6. The van der Waals surface area contributed by atoms with Gasteiger partial charge >= 0.3 is 0 Å². The van der Waals surface area contributed by atoms with E-state index in [0.717, 1.165) is 29.8 Å². The Morgan fingerprint density at radius 2 is 1.60 bits per heavy atom. The van der Waals surface area contributed by atoms with E-state index >= 15 is 0 Å². The normalized spacial score (nSPS) is 14.3. The minimum atomic E-state index is -0.165. The lowest BCUT2D eigenvalue weighted by atomic mass is 9.96. The molecular weight excluding hydrogens is 538 g/mol. The topological polar surface area (TPSA) is 105 Å². The van der Waals surface area contributed by atoms with Crippen molar-refractivity contribution < 1.29 is 19.4 Å². The number of aliphatic hydroxyl groups excluding tert-OH is 2. The van der Waals surface area contributed by atoms with E-state index in [1.165, 1.54) is 0 Å². The van der Waals surface area contributed by atoms with E-state index in [1.807, 2.05) is 49.5 Å². The third-order valence-corrected chi connectivity index (χ3v) is 7.50. The van der Waals surface area contributed by atoms with Crippen molar-refractivity contribution in [1.82, 2.24) is 0 Å². The highest BCUT2D eigenvalue weighted by molar-refractivity contribution is 5.88. The summed E-state index contributed by atoms with van der Waals surface area (Å²) in [6.45, 7) is 10.0. The zero-order valence-electron chi connectivity index (χ0n) is 24.1. The summed E-state index contributed by atoms with van der Waals surface area (Å²) in [5, 5.41) is 38.9. The second-order valence-corrected chi connectivity index (χ2v) is 10.4. The number of benzene rings is 3. The van der Waals surface area contributed by atoms with Crippen LogP contribution in [-0.4, -0.2) is 61.1 Å². The molecule has 0 radical (unpaired) electrons. The fourth-order valence-electron chi connectivity index (χ4n) is 5.19. The first-order chi connectivity index (χ1) is 21.0. The van der Waals surface area contributed by atoms with E-state index in [4.69, 9.17) is 11.3 Å². The van der Waals surface area contributed by atoms with E-state index in [2.05, 4.69) is 34.0 Å². The van der Waals surface area contributed by atoms with Crippen LogP contribution in [-0.2, 0) is 0 Å². The van der Waals surface area contributed by atoms with Crippen molar-refractivity contribution in [3.05, 3.63) is 125 Å². The predicted octanol–water partition coefficient (Wildman–Crippen LogP) is 5.52. The number of quaternary nitrogens is 1. The number of ether oxygens (including phenoxy) is 1. The zero-order chi connectivity index (χ0) is 30.7. The molecule has 0 bridgehead atoms. The fourth-order valence-corrected chi connectivity index (χ4v) is 5.19. The Morgan fingerprint density at radius 3 is 2.21 bits per heavy atom. The van der Waals surface area contributed by atoms with E-state index < -0.39 is 0 Å². The lowest BCUT2D eigenvalue weighted by Crippen LogP contribution is -2.49. The summed E-state index contributed by atoms with van der Waals surface area (Å²) in [6, 6.07) is 29.1. The molecule has 1 aliphatic rings. The van der Waals surface area contributed by atoms with Crippen molar-refractivity contribution in [3.8, 4) is 29.0 Å². The molecular formula is C35H34N5O3+. The molecule has 0 spiro atoms. The molecule has 216 valence electrons. The van der Waals surface area contributed by atoms with Gasteiger partial charge < -0.3 is 24.3 Å². The van der Waals surface area contributed by atoms with Crippen LogP contribution in [0, 0.1) is 29.2 Å². The van der Waals surface area contributed by atoms with Crippen molar-refractivity contribution in [3.63, 3.8) is 0 Å². The molecule has 0 aliphatic carbocycles. The number of hydrogen-bond acceptors (Lipinski definition) is 6. The number of nitrogens with zero attached hydrogens (tertiary/aromatic N) is 5. The van der Waals surface area contributed by atoms with Crippen LogP contribution in [0.15, 0.2) is 108 Å². The molecule has 1 heterocycles. The molecule has 4 rings (SSSR count). The zero-order valence-corrected chi connectivity index (χ0v) is 24.1. The van der Waals surface area contributed by atoms with Gasteiger partial charge in [0, 0.05) is 24.6 Å². The highest BCUT2D eigenvalue weighted by Gasteiger charge is 2.28. The molecule has 0 atom stereocenters. The van der Waals surface area contributed by atoms with Gasteiger partial charge in [0.2, 0.25) is 5.88 Å². The number of aliphatic hydroxyl groups is 2. The highest BCUT2D eigenvalue weighted by atomic mass is 16.5. The van der Waals surface area contributed by atoms with Crippen molar-refractivity contribution >= 4 is 11.3 Å². The quantitative estimate of drug-likeness (QED) is 0.128. The lowest BCUT2D eigenvalue weighted by molar-refractivity contribution is -0.910. The summed E-state index contributed by atoms with van der Waals surface area (Å²) in [4.78, 5) is 5.45. The number of allylic oxidation sites excluding steroid dienone is 5. The molecule has 3 aromatic carbocycles. The Balaban J connectivity index is 1.74. The number of likely N-dealkylation sites (N-methyl/N-ethyl adjacent to an activating group) is 1. The average Bonchev–Trinajstić information content (AvgIpc) is 3.38. The van der Waals surface area contributed by atoms with Crippen LogP contribution in [0.4, 0.5) is 5.69 Å². The van der Waals surface area contributed by atoms with E-state index in [-0.39, 0.29) is 30.1 Å². The summed E-state index contributed by atoms with van der Waals surface area (Å²) in [5.41, 5.74) is 3.88. The number of rotatable bonds is 12. The largest absolute Gasteiger partial charge is 0.439 e. The van der Waals surface area contributed by atoms with Crippen LogP contribution in [0.25, 0.3) is 21.5 Å². The molecule has 0 saturated heterocycles.